The number of nitrogens with zero attached hydrogens (tertiary/aromatic N) is 1. The first-order valence-electron chi connectivity index (χ1n) is 5.40. The fourth-order valence-electron chi connectivity index (χ4n) is 1.85. The standard InChI is InChI=1S/C10H22N2O2S.ClH/c1-10(2,3)8-15(13,14)12-6-5-9(7-12)11-4;/h9,11H,5-8H2,1-4H3;1H. The van der Waals surface area contributed by atoms with Gasteiger partial charge in [-0.3, -0.25) is 0 Å². The van der Waals surface area contributed by atoms with E-state index in [-0.39, 0.29) is 23.6 Å². The van der Waals surface area contributed by atoms with E-state index in [1.165, 1.54) is 0 Å². The summed E-state index contributed by atoms with van der Waals surface area (Å²) in [7, 11) is -1.19. The van der Waals surface area contributed by atoms with E-state index >= 15 is 0 Å². The Morgan fingerprint density at radius 3 is 2.31 bits per heavy atom. The average Bonchev–Trinajstić information content (AvgIpc) is 2.47. The van der Waals surface area contributed by atoms with Crippen molar-refractivity contribution in [3.8, 4) is 0 Å². The minimum atomic E-state index is -3.07. The van der Waals surface area contributed by atoms with Crippen molar-refractivity contribution in [2.45, 2.75) is 33.2 Å². The molecule has 1 aliphatic rings. The smallest absolute Gasteiger partial charge is 0.214 e. The van der Waals surface area contributed by atoms with E-state index in [2.05, 4.69) is 5.32 Å². The highest BCUT2D eigenvalue weighted by Gasteiger charge is 2.33. The quantitative estimate of drug-likeness (QED) is 0.835. The van der Waals surface area contributed by atoms with E-state index in [1.54, 1.807) is 4.31 Å². The molecular weight excluding hydrogens is 248 g/mol. The number of rotatable bonds is 3. The molecule has 1 unspecified atom stereocenters. The van der Waals surface area contributed by atoms with Crippen LogP contribution in [0.15, 0.2) is 0 Å². The molecule has 0 aromatic carbocycles. The summed E-state index contributed by atoms with van der Waals surface area (Å²) in [4.78, 5) is 0. The van der Waals surface area contributed by atoms with Gasteiger partial charge in [-0.2, -0.15) is 0 Å². The van der Waals surface area contributed by atoms with Crippen LogP contribution in [0.1, 0.15) is 27.2 Å². The Morgan fingerprint density at radius 1 is 1.38 bits per heavy atom. The van der Waals surface area contributed by atoms with Gasteiger partial charge in [0.25, 0.3) is 0 Å². The normalized spacial score (nSPS) is 23.1. The molecule has 0 radical (unpaired) electrons. The molecule has 6 heteroatoms. The average molecular weight is 271 g/mol. The molecule has 0 bridgehead atoms. The summed E-state index contributed by atoms with van der Waals surface area (Å²) in [6.07, 6.45) is 0.917. The van der Waals surface area contributed by atoms with E-state index in [9.17, 15) is 8.42 Å². The van der Waals surface area contributed by atoms with Gasteiger partial charge in [-0.1, -0.05) is 20.8 Å². The summed E-state index contributed by atoms with van der Waals surface area (Å²) in [5.74, 6) is 0.233. The van der Waals surface area contributed by atoms with Crippen molar-refractivity contribution in [1.29, 1.82) is 0 Å². The largest absolute Gasteiger partial charge is 0.316 e. The van der Waals surface area contributed by atoms with Gasteiger partial charge < -0.3 is 5.32 Å². The Morgan fingerprint density at radius 2 is 1.94 bits per heavy atom. The monoisotopic (exact) mass is 270 g/mol. The predicted octanol–water partition coefficient (Wildman–Crippen LogP) is 1.08. The van der Waals surface area contributed by atoms with Gasteiger partial charge in [-0.15, -0.1) is 12.4 Å². The summed E-state index contributed by atoms with van der Waals surface area (Å²) in [5, 5.41) is 3.12. The Bertz CT molecular complexity index is 311. The van der Waals surface area contributed by atoms with Crippen LogP contribution < -0.4 is 5.32 Å². The van der Waals surface area contributed by atoms with Gasteiger partial charge in [0.05, 0.1) is 5.75 Å². The molecule has 0 saturated carbocycles. The highest BCUT2D eigenvalue weighted by Crippen LogP contribution is 2.21. The van der Waals surface area contributed by atoms with Crippen LogP contribution >= 0.6 is 12.4 Å². The van der Waals surface area contributed by atoms with E-state index < -0.39 is 10.0 Å². The minimum Gasteiger partial charge on any atom is -0.316 e. The van der Waals surface area contributed by atoms with Gasteiger partial charge in [-0.25, -0.2) is 12.7 Å². The summed E-state index contributed by atoms with van der Waals surface area (Å²) >= 11 is 0. The van der Waals surface area contributed by atoms with Crippen LogP contribution in [-0.2, 0) is 10.0 Å². The first-order valence-corrected chi connectivity index (χ1v) is 7.00. The number of likely N-dealkylation sites (N-methyl/N-ethyl adjacent to an activating group) is 1. The second-order valence-electron chi connectivity index (χ2n) is 5.45. The third kappa shape index (κ3) is 4.57. The van der Waals surface area contributed by atoms with E-state index in [0.29, 0.717) is 19.1 Å². The SMILES string of the molecule is CNC1CCN(S(=O)(=O)CC(C)(C)C)C1.Cl. The third-order valence-electron chi connectivity index (χ3n) is 2.57. The van der Waals surface area contributed by atoms with Crippen molar-refractivity contribution < 1.29 is 8.42 Å². The van der Waals surface area contributed by atoms with Crippen molar-refractivity contribution in [2.24, 2.45) is 5.41 Å². The maximum absolute atomic E-state index is 12.0. The molecule has 1 aliphatic heterocycles. The zero-order valence-corrected chi connectivity index (χ0v) is 12.1. The lowest BCUT2D eigenvalue weighted by Gasteiger charge is -2.23. The molecule has 0 spiro atoms. The van der Waals surface area contributed by atoms with Crippen molar-refractivity contribution >= 4 is 22.4 Å². The molecule has 1 saturated heterocycles. The van der Waals surface area contributed by atoms with Gasteiger partial charge in [0.15, 0.2) is 0 Å². The van der Waals surface area contributed by atoms with Crippen LogP contribution in [0.3, 0.4) is 0 Å². The highest BCUT2D eigenvalue weighted by atomic mass is 35.5. The topological polar surface area (TPSA) is 49.4 Å². The number of halogens is 1. The molecule has 4 nitrogen and oxygen atoms in total. The van der Waals surface area contributed by atoms with Crippen molar-refractivity contribution in [3.05, 3.63) is 0 Å². The predicted molar refractivity (Wildman–Crippen MR) is 69.5 cm³/mol. The summed E-state index contributed by atoms with van der Waals surface area (Å²) in [6, 6.07) is 0.319. The van der Waals surface area contributed by atoms with Gasteiger partial charge in [0.1, 0.15) is 0 Å². The van der Waals surface area contributed by atoms with Crippen LogP contribution in [0.25, 0.3) is 0 Å². The first kappa shape index (κ1) is 16.2. The summed E-state index contributed by atoms with van der Waals surface area (Å²) < 4.78 is 25.6. The third-order valence-corrected chi connectivity index (χ3v) is 4.92. The van der Waals surface area contributed by atoms with Crippen molar-refractivity contribution in [3.63, 3.8) is 0 Å². The summed E-state index contributed by atoms with van der Waals surface area (Å²) in [5.41, 5.74) is -0.170. The van der Waals surface area contributed by atoms with Gasteiger partial charge in [0.2, 0.25) is 10.0 Å². The molecule has 1 rings (SSSR count). The zero-order chi connectivity index (χ0) is 11.7. The van der Waals surface area contributed by atoms with Crippen LogP contribution in [-0.4, -0.2) is 44.7 Å². The van der Waals surface area contributed by atoms with Crippen molar-refractivity contribution in [1.82, 2.24) is 9.62 Å². The van der Waals surface area contributed by atoms with E-state index in [4.69, 9.17) is 0 Å². The molecule has 1 N–H and O–H groups in total. The Labute approximate surface area is 105 Å². The summed E-state index contributed by atoms with van der Waals surface area (Å²) in [6.45, 7) is 7.14. The molecule has 0 aromatic heterocycles. The molecule has 1 heterocycles. The lowest BCUT2D eigenvalue weighted by molar-refractivity contribution is 0.420. The van der Waals surface area contributed by atoms with Gasteiger partial charge >= 0.3 is 0 Å². The molecule has 1 fully saturated rings. The highest BCUT2D eigenvalue weighted by molar-refractivity contribution is 7.89. The molecule has 0 aliphatic carbocycles. The number of hydrogen-bond donors (Lipinski definition) is 1. The van der Waals surface area contributed by atoms with Crippen LogP contribution in [0, 0.1) is 5.41 Å². The lowest BCUT2D eigenvalue weighted by Crippen LogP contribution is -2.37. The van der Waals surface area contributed by atoms with E-state index in [1.807, 2.05) is 27.8 Å². The number of nitrogens with one attached hydrogen (secondary N) is 1. The molecule has 16 heavy (non-hydrogen) atoms. The number of hydrogen-bond acceptors (Lipinski definition) is 3. The molecule has 1 atom stereocenters. The molecule has 0 amide bonds. The van der Waals surface area contributed by atoms with Crippen LogP contribution in [0.4, 0.5) is 0 Å². The van der Waals surface area contributed by atoms with Crippen LogP contribution in [0.2, 0.25) is 0 Å². The van der Waals surface area contributed by atoms with Crippen molar-refractivity contribution in [2.75, 3.05) is 25.9 Å². The van der Waals surface area contributed by atoms with Gasteiger partial charge in [0, 0.05) is 19.1 Å². The minimum absolute atomic E-state index is 0. The van der Waals surface area contributed by atoms with Gasteiger partial charge in [-0.05, 0) is 18.9 Å². The fourth-order valence-corrected chi connectivity index (χ4v) is 3.92. The maximum atomic E-state index is 12.0. The Balaban J connectivity index is 0.00000225. The maximum Gasteiger partial charge on any atom is 0.214 e. The second kappa shape index (κ2) is 5.67. The number of sulfonamides is 1. The molecule has 98 valence electrons. The molecule has 0 aromatic rings. The van der Waals surface area contributed by atoms with Crippen LogP contribution in [0.5, 0.6) is 0 Å². The molecular formula is C10H23ClN2O2S. The zero-order valence-electron chi connectivity index (χ0n) is 10.5. The van der Waals surface area contributed by atoms with E-state index in [0.717, 1.165) is 6.42 Å². The second-order valence-corrected chi connectivity index (χ2v) is 7.42. The first-order chi connectivity index (χ1) is 6.74. The Kier molecular flexibility index (Phi) is 5.72. The fraction of sp³-hybridized carbons (Fsp3) is 1.00. The Hall–Kier alpha value is 0.160. The lowest BCUT2D eigenvalue weighted by atomic mass is 10.0.